The number of nitrogens with one attached hydrogen (secondary N) is 1. The standard InChI is InChI=1S/C16H17N3O2/c1-16(2)8-13(19-6-5-18-10-15(19)20)12-7-11(9-17)3-4-14(12)21-16/h3-4,7-8,18H,5-6,10H2,1-2H3. The van der Waals surface area contributed by atoms with Crippen LogP contribution in [0.25, 0.3) is 5.70 Å². The Morgan fingerprint density at radius 3 is 2.95 bits per heavy atom. The molecule has 0 spiro atoms. The molecule has 0 saturated carbocycles. The maximum absolute atomic E-state index is 12.2. The Bertz CT molecular complexity index is 671. The minimum atomic E-state index is -0.484. The van der Waals surface area contributed by atoms with E-state index in [0.29, 0.717) is 24.4 Å². The number of benzene rings is 1. The summed E-state index contributed by atoms with van der Waals surface area (Å²) in [5.74, 6) is 0.751. The van der Waals surface area contributed by atoms with Gasteiger partial charge in [0.15, 0.2) is 0 Å². The average molecular weight is 283 g/mol. The molecule has 0 aromatic heterocycles. The summed E-state index contributed by atoms with van der Waals surface area (Å²) in [7, 11) is 0. The van der Waals surface area contributed by atoms with E-state index in [-0.39, 0.29) is 5.91 Å². The van der Waals surface area contributed by atoms with E-state index >= 15 is 0 Å². The van der Waals surface area contributed by atoms with Gasteiger partial charge in [-0.25, -0.2) is 0 Å². The van der Waals surface area contributed by atoms with Crippen LogP contribution in [0.5, 0.6) is 5.75 Å². The average Bonchev–Trinajstić information content (AvgIpc) is 2.46. The highest BCUT2D eigenvalue weighted by atomic mass is 16.5. The molecule has 0 aliphatic carbocycles. The normalized spacial score (nSPS) is 20.1. The van der Waals surface area contributed by atoms with Crippen LogP contribution in [0, 0.1) is 11.3 Å². The zero-order chi connectivity index (χ0) is 15.0. The Morgan fingerprint density at radius 1 is 1.43 bits per heavy atom. The molecule has 1 aromatic rings. The highest BCUT2D eigenvalue weighted by Crippen LogP contribution is 2.38. The first kappa shape index (κ1) is 13.7. The predicted molar refractivity (Wildman–Crippen MR) is 78.4 cm³/mol. The predicted octanol–water partition coefficient (Wildman–Crippen LogP) is 1.50. The number of amides is 1. The number of piperazine rings is 1. The van der Waals surface area contributed by atoms with Crippen LogP contribution in [-0.4, -0.2) is 36.0 Å². The first-order valence-electron chi connectivity index (χ1n) is 6.98. The molecule has 3 rings (SSSR count). The molecule has 5 heteroatoms. The lowest BCUT2D eigenvalue weighted by Crippen LogP contribution is -2.48. The van der Waals surface area contributed by atoms with Gasteiger partial charge in [-0.05, 0) is 38.1 Å². The third-order valence-corrected chi connectivity index (χ3v) is 3.62. The van der Waals surface area contributed by atoms with Crippen LogP contribution in [-0.2, 0) is 4.79 Å². The molecule has 108 valence electrons. The fourth-order valence-corrected chi connectivity index (χ4v) is 2.69. The zero-order valence-corrected chi connectivity index (χ0v) is 12.1. The second-order valence-corrected chi connectivity index (χ2v) is 5.78. The number of hydrogen-bond donors (Lipinski definition) is 1. The summed E-state index contributed by atoms with van der Waals surface area (Å²) < 4.78 is 5.94. The molecule has 0 radical (unpaired) electrons. The topological polar surface area (TPSA) is 65.4 Å². The van der Waals surface area contributed by atoms with E-state index in [9.17, 15) is 4.79 Å². The third-order valence-electron chi connectivity index (χ3n) is 3.62. The molecule has 2 heterocycles. The lowest BCUT2D eigenvalue weighted by molar-refractivity contribution is -0.128. The zero-order valence-electron chi connectivity index (χ0n) is 12.1. The van der Waals surface area contributed by atoms with Crippen LogP contribution in [0.1, 0.15) is 25.0 Å². The van der Waals surface area contributed by atoms with Gasteiger partial charge in [-0.1, -0.05) is 0 Å². The molecule has 1 amide bonds. The van der Waals surface area contributed by atoms with Gasteiger partial charge < -0.3 is 15.0 Å². The van der Waals surface area contributed by atoms with Crippen LogP contribution >= 0.6 is 0 Å². The highest BCUT2D eigenvalue weighted by Gasteiger charge is 2.32. The number of nitrogens with zero attached hydrogens (tertiary/aromatic N) is 2. The van der Waals surface area contributed by atoms with E-state index in [1.165, 1.54) is 0 Å². The smallest absolute Gasteiger partial charge is 0.240 e. The summed E-state index contributed by atoms with van der Waals surface area (Å²) in [6, 6.07) is 7.45. The van der Waals surface area contributed by atoms with Crippen LogP contribution in [0.2, 0.25) is 0 Å². The quantitative estimate of drug-likeness (QED) is 0.848. The van der Waals surface area contributed by atoms with Crippen molar-refractivity contribution < 1.29 is 9.53 Å². The Morgan fingerprint density at radius 2 is 2.24 bits per heavy atom. The number of fused-ring (bicyclic) bond motifs is 1. The summed E-state index contributed by atoms with van der Waals surface area (Å²) in [5, 5.41) is 12.2. The van der Waals surface area contributed by atoms with Gasteiger partial charge in [-0.2, -0.15) is 5.26 Å². The van der Waals surface area contributed by atoms with Crippen LogP contribution in [0.15, 0.2) is 24.3 Å². The summed E-state index contributed by atoms with van der Waals surface area (Å²) in [6.07, 6.45) is 1.96. The van der Waals surface area contributed by atoms with Gasteiger partial charge in [0.1, 0.15) is 11.4 Å². The molecule has 1 aromatic carbocycles. The first-order chi connectivity index (χ1) is 10.00. The Labute approximate surface area is 123 Å². The van der Waals surface area contributed by atoms with Crippen molar-refractivity contribution in [3.63, 3.8) is 0 Å². The molecule has 1 N–H and O–H groups in total. The van der Waals surface area contributed by atoms with Crippen molar-refractivity contribution in [2.45, 2.75) is 19.4 Å². The maximum Gasteiger partial charge on any atom is 0.240 e. The number of rotatable bonds is 1. The van der Waals surface area contributed by atoms with E-state index in [1.54, 1.807) is 23.1 Å². The number of carbonyl (C=O) groups is 1. The second-order valence-electron chi connectivity index (χ2n) is 5.78. The SMILES string of the molecule is CC1(C)C=C(N2CCNCC2=O)c2cc(C#N)ccc2O1. The summed E-state index contributed by atoms with van der Waals surface area (Å²) in [4.78, 5) is 14.0. The molecule has 0 unspecified atom stereocenters. The molecule has 2 aliphatic heterocycles. The van der Waals surface area contributed by atoms with Gasteiger partial charge in [-0.3, -0.25) is 4.79 Å². The Balaban J connectivity index is 2.11. The molecule has 0 atom stereocenters. The lowest BCUT2D eigenvalue weighted by atomic mass is 9.96. The van der Waals surface area contributed by atoms with Crippen molar-refractivity contribution >= 4 is 11.6 Å². The van der Waals surface area contributed by atoms with E-state index < -0.39 is 5.60 Å². The second kappa shape index (κ2) is 4.90. The molecular weight excluding hydrogens is 266 g/mol. The highest BCUT2D eigenvalue weighted by molar-refractivity contribution is 5.90. The van der Waals surface area contributed by atoms with Crippen molar-refractivity contribution in [3.05, 3.63) is 35.4 Å². The summed E-state index contributed by atoms with van der Waals surface area (Å²) >= 11 is 0. The first-order valence-corrected chi connectivity index (χ1v) is 6.98. The minimum absolute atomic E-state index is 0.0403. The van der Waals surface area contributed by atoms with Crippen LogP contribution < -0.4 is 10.1 Å². The fourth-order valence-electron chi connectivity index (χ4n) is 2.69. The van der Waals surface area contributed by atoms with Gasteiger partial charge in [0.05, 0.1) is 23.9 Å². The minimum Gasteiger partial charge on any atom is -0.483 e. The summed E-state index contributed by atoms with van der Waals surface area (Å²) in [5.41, 5.74) is 1.72. The van der Waals surface area contributed by atoms with Gasteiger partial charge in [0.2, 0.25) is 5.91 Å². The number of ether oxygens (including phenoxy) is 1. The van der Waals surface area contributed by atoms with Gasteiger partial charge >= 0.3 is 0 Å². The molecular formula is C16H17N3O2. The van der Waals surface area contributed by atoms with Crippen molar-refractivity contribution in [2.24, 2.45) is 0 Å². The van der Waals surface area contributed by atoms with Crippen LogP contribution in [0.4, 0.5) is 0 Å². The van der Waals surface area contributed by atoms with Crippen molar-refractivity contribution in [1.29, 1.82) is 5.26 Å². The van der Waals surface area contributed by atoms with E-state index in [0.717, 1.165) is 17.8 Å². The largest absolute Gasteiger partial charge is 0.483 e. The molecule has 1 fully saturated rings. The molecule has 0 bridgehead atoms. The molecule has 2 aliphatic rings. The van der Waals surface area contributed by atoms with Gasteiger partial charge in [0, 0.05) is 18.7 Å². The van der Waals surface area contributed by atoms with Crippen molar-refractivity contribution in [1.82, 2.24) is 10.2 Å². The lowest BCUT2D eigenvalue weighted by Gasteiger charge is -2.37. The molecule has 1 saturated heterocycles. The Hall–Kier alpha value is -2.32. The van der Waals surface area contributed by atoms with Gasteiger partial charge in [0.25, 0.3) is 0 Å². The molecule has 5 nitrogen and oxygen atoms in total. The fraction of sp³-hybridized carbons (Fsp3) is 0.375. The van der Waals surface area contributed by atoms with Gasteiger partial charge in [-0.15, -0.1) is 0 Å². The number of nitriles is 1. The number of carbonyl (C=O) groups excluding carboxylic acids is 1. The van der Waals surface area contributed by atoms with E-state index in [2.05, 4.69) is 11.4 Å². The van der Waals surface area contributed by atoms with Crippen molar-refractivity contribution in [3.8, 4) is 11.8 Å². The third kappa shape index (κ3) is 2.50. The van der Waals surface area contributed by atoms with Crippen molar-refractivity contribution in [2.75, 3.05) is 19.6 Å². The van der Waals surface area contributed by atoms with E-state index in [1.807, 2.05) is 19.9 Å². The summed E-state index contributed by atoms with van der Waals surface area (Å²) in [6.45, 7) is 5.64. The van der Waals surface area contributed by atoms with E-state index in [4.69, 9.17) is 10.00 Å². The molecule has 21 heavy (non-hydrogen) atoms. The Kier molecular flexibility index (Phi) is 3.19. The number of hydrogen-bond acceptors (Lipinski definition) is 4. The monoisotopic (exact) mass is 283 g/mol. The maximum atomic E-state index is 12.2. The van der Waals surface area contributed by atoms with Crippen LogP contribution in [0.3, 0.4) is 0 Å².